The molecular formula is C15H11BrF2O3. The maximum atomic E-state index is 13.5. The quantitative estimate of drug-likeness (QED) is 0.759. The molecule has 0 atom stereocenters. The molecule has 0 bridgehead atoms. The number of methoxy groups -OCH3 is 1. The third-order valence-corrected chi connectivity index (χ3v) is 3.14. The molecule has 2 aromatic carbocycles. The van der Waals surface area contributed by atoms with E-state index < -0.39 is 17.4 Å². The molecule has 0 amide bonds. The molecule has 110 valence electrons. The molecule has 0 saturated carbocycles. The Morgan fingerprint density at radius 2 is 1.95 bits per heavy atom. The van der Waals surface area contributed by atoms with Gasteiger partial charge in [0.1, 0.15) is 11.6 Å². The van der Waals surface area contributed by atoms with Gasteiger partial charge in [-0.2, -0.15) is 0 Å². The monoisotopic (exact) mass is 356 g/mol. The Morgan fingerprint density at radius 3 is 2.57 bits per heavy atom. The Bertz CT molecular complexity index is 654. The number of benzene rings is 2. The molecule has 2 aromatic rings. The fraction of sp³-hybridized carbons (Fsp3) is 0.133. The van der Waals surface area contributed by atoms with Gasteiger partial charge in [0.25, 0.3) is 0 Å². The van der Waals surface area contributed by atoms with Crippen molar-refractivity contribution in [1.29, 1.82) is 0 Å². The molecule has 0 heterocycles. The molecule has 0 unspecified atom stereocenters. The molecule has 2 rings (SSSR count). The number of hydrogen-bond acceptors (Lipinski definition) is 3. The number of hydrogen-bond donors (Lipinski definition) is 0. The van der Waals surface area contributed by atoms with Gasteiger partial charge in [0, 0.05) is 16.1 Å². The first-order valence-corrected chi connectivity index (χ1v) is 6.74. The SMILES string of the molecule is COc1ccc(C(=O)COc2cc(F)cc(Br)c2)cc1F. The summed E-state index contributed by atoms with van der Waals surface area (Å²) in [6.07, 6.45) is 0. The van der Waals surface area contributed by atoms with E-state index in [0.717, 1.165) is 12.1 Å². The predicted molar refractivity (Wildman–Crippen MR) is 76.9 cm³/mol. The molecule has 0 N–H and O–H groups in total. The summed E-state index contributed by atoms with van der Waals surface area (Å²) in [6.45, 7) is -0.318. The van der Waals surface area contributed by atoms with Crippen molar-refractivity contribution in [1.82, 2.24) is 0 Å². The van der Waals surface area contributed by atoms with Crippen LogP contribution in [-0.4, -0.2) is 19.5 Å². The highest BCUT2D eigenvalue weighted by Gasteiger charge is 2.11. The van der Waals surface area contributed by atoms with Crippen LogP contribution >= 0.6 is 15.9 Å². The third kappa shape index (κ3) is 4.01. The van der Waals surface area contributed by atoms with Gasteiger partial charge in [-0.15, -0.1) is 0 Å². The van der Waals surface area contributed by atoms with E-state index in [1.165, 1.54) is 31.4 Å². The van der Waals surface area contributed by atoms with Crippen LogP contribution in [0.2, 0.25) is 0 Å². The lowest BCUT2D eigenvalue weighted by molar-refractivity contribution is 0.0920. The van der Waals surface area contributed by atoms with Gasteiger partial charge in [0.05, 0.1) is 7.11 Å². The molecule has 0 fully saturated rings. The molecule has 0 aliphatic heterocycles. The van der Waals surface area contributed by atoms with Crippen LogP contribution in [-0.2, 0) is 0 Å². The molecule has 0 spiro atoms. The van der Waals surface area contributed by atoms with Crippen molar-refractivity contribution < 1.29 is 23.0 Å². The van der Waals surface area contributed by atoms with Gasteiger partial charge in [-0.3, -0.25) is 4.79 Å². The number of carbonyl (C=O) groups excluding carboxylic acids is 1. The summed E-state index contributed by atoms with van der Waals surface area (Å²) < 4.78 is 37.1. The van der Waals surface area contributed by atoms with Gasteiger partial charge in [-0.05, 0) is 30.3 Å². The Balaban J connectivity index is 2.06. The Labute approximate surface area is 128 Å². The van der Waals surface area contributed by atoms with Crippen LogP contribution in [0.5, 0.6) is 11.5 Å². The molecular weight excluding hydrogens is 346 g/mol. The van der Waals surface area contributed by atoms with Gasteiger partial charge in [-0.1, -0.05) is 15.9 Å². The van der Waals surface area contributed by atoms with Crippen molar-refractivity contribution >= 4 is 21.7 Å². The summed E-state index contributed by atoms with van der Waals surface area (Å²) in [7, 11) is 1.34. The first kappa shape index (κ1) is 15.4. The maximum Gasteiger partial charge on any atom is 0.200 e. The van der Waals surface area contributed by atoms with E-state index in [4.69, 9.17) is 9.47 Å². The highest BCUT2D eigenvalue weighted by Crippen LogP contribution is 2.21. The van der Waals surface area contributed by atoms with Gasteiger partial charge >= 0.3 is 0 Å². The minimum absolute atomic E-state index is 0.0570. The molecule has 21 heavy (non-hydrogen) atoms. The minimum Gasteiger partial charge on any atom is -0.494 e. The van der Waals surface area contributed by atoms with Crippen molar-refractivity contribution in [2.45, 2.75) is 0 Å². The van der Waals surface area contributed by atoms with Gasteiger partial charge in [-0.25, -0.2) is 8.78 Å². The fourth-order valence-electron chi connectivity index (χ4n) is 1.68. The van der Waals surface area contributed by atoms with Crippen LogP contribution in [0.3, 0.4) is 0 Å². The highest BCUT2D eigenvalue weighted by molar-refractivity contribution is 9.10. The van der Waals surface area contributed by atoms with Crippen LogP contribution in [0.4, 0.5) is 8.78 Å². The smallest absolute Gasteiger partial charge is 0.200 e. The summed E-state index contributed by atoms with van der Waals surface area (Å²) in [4.78, 5) is 11.9. The molecule has 0 aromatic heterocycles. The van der Waals surface area contributed by atoms with Crippen molar-refractivity contribution in [3.05, 3.63) is 58.1 Å². The average molecular weight is 357 g/mol. The highest BCUT2D eigenvalue weighted by atomic mass is 79.9. The summed E-state index contributed by atoms with van der Waals surface area (Å²) >= 11 is 3.12. The fourth-order valence-corrected chi connectivity index (χ4v) is 2.13. The van der Waals surface area contributed by atoms with Crippen LogP contribution in [0.1, 0.15) is 10.4 Å². The zero-order valence-electron chi connectivity index (χ0n) is 11.0. The van der Waals surface area contributed by atoms with Gasteiger partial charge in [0.2, 0.25) is 0 Å². The number of rotatable bonds is 5. The largest absolute Gasteiger partial charge is 0.494 e. The molecule has 6 heteroatoms. The van der Waals surface area contributed by atoms with Crippen LogP contribution < -0.4 is 9.47 Å². The Morgan fingerprint density at radius 1 is 1.19 bits per heavy atom. The van der Waals surface area contributed by atoms with Crippen molar-refractivity contribution in [2.75, 3.05) is 13.7 Å². The van der Waals surface area contributed by atoms with Gasteiger partial charge in [0.15, 0.2) is 24.0 Å². The zero-order chi connectivity index (χ0) is 15.4. The van der Waals surface area contributed by atoms with E-state index in [2.05, 4.69) is 15.9 Å². The first-order chi connectivity index (χ1) is 9.99. The number of ketones is 1. The topological polar surface area (TPSA) is 35.5 Å². The number of carbonyl (C=O) groups is 1. The molecule has 0 aliphatic rings. The lowest BCUT2D eigenvalue weighted by Crippen LogP contribution is -2.12. The molecule has 3 nitrogen and oxygen atoms in total. The minimum atomic E-state index is -0.628. The van der Waals surface area contributed by atoms with Gasteiger partial charge < -0.3 is 9.47 Å². The predicted octanol–water partition coefficient (Wildman–Crippen LogP) is 4.00. The number of Topliss-reactive ketones (excluding diaryl/α,β-unsaturated/α-hetero) is 1. The standard InChI is InChI=1S/C15H11BrF2O3/c1-20-15-3-2-9(4-13(15)18)14(19)8-21-12-6-10(16)5-11(17)7-12/h2-7H,8H2,1H3. The summed E-state index contributed by atoms with van der Waals surface area (Å²) in [6, 6.07) is 7.84. The second-order valence-electron chi connectivity index (χ2n) is 4.17. The van der Waals surface area contributed by atoms with E-state index in [9.17, 15) is 13.6 Å². The molecule has 0 aliphatic carbocycles. The summed E-state index contributed by atoms with van der Waals surface area (Å²) in [5, 5.41) is 0. The normalized spacial score (nSPS) is 10.3. The van der Waals surface area contributed by atoms with Crippen LogP contribution in [0.25, 0.3) is 0 Å². The Hall–Kier alpha value is -1.95. The van der Waals surface area contributed by atoms with E-state index in [1.54, 1.807) is 0 Å². The second kappa shape index (κ2) is 6.67. The van der Waals surface area contributed by atoms with Crippen molar-refractivity contribution in [3.63, 3.8) is 0 Å². The van der Waals surface area contributed by atoms with Crippen molar-refractivity contribution in [3.8, 4) is 11.5 Å². The van der Waals surface area contributed by atoms with E-state index in [-0.39, 0.29) is 23.7 Å². The van der Waals surface area contributed by atoms with E-state index in [1.807, 2.05) is 0 Å². The first-order valence-electron chi connectivity index (χ1n) is 5.95. The third-order valence-electron chi connectivity index (χ3n) is 2.68. The van der Waals surface area contributed by atoms with Crippen molar-refractivity contribution in [2.24, 2.45) is 0 Å². The van der Waals surface area contributed by atoms with E-state index >= 15 is 0 Å². The zero-order valence-corrected chi connectivity index (χ0v) is 12.6. The summed E-state index contributed by atoms with van der Waals surface area (Å²) in [5.74, 6) is -1.26. The van der Waals surface area contributed by atoms with Crippen LogP contribution in [0.15, 0.2) is 40.9 Å². The lowest BCUT2D eigenvalue weighted by Gasteiger charge is -2.07. The molecule has 0 radical (unpaired) electrons. The molecule has 0 saturated heterocycles. The number of halogens is 3. The van der Waals surface area contributed by atoms with Crippen LogP contribution in [0, 0.1) is 11.6 Å². The lowest BCUT2D eigenvalue weighted by atomic mass is 10.1. The average Bonchev–Trinajstić information content (AvgIpc) is 2.43. The number of ether oxygens (including phenoxy) is 2. The maximum absolute atomic E-state index is 13.5. The Kier molecular flexibility index (Phi) is 4.90. The summed E-state index contributed by atoms with van der Waals surface area (Å²) in [5.41, 5.74) is 0.156. The second-order valence-corrected chi connectivity index (χ2v) is 5.08. The van der Waals surface area contributed by atoms with E-state index in [0.29, 0.717) is 4.47 Å².